The lowest BCUT2D eigenvalue weighted by molar-refractivity contribution is -0.116. The van der Waals surface area contributed by atoms with E-state index in [1.54, 1.807) is 42.2 Å². The van der Waals surface area contributed by atoms with Crippen molar-refractivity contribution in [3.05, 3.63) is 111 Å². The minimum Gasteiger partial charge on any atom is -0.300 e. The summed E-state index contributed by atoms with van der Waals surface area (Å²) in [5.41, 5.74) is 4.60. The van der Waals surface area contributed by atoms with Crippen molar-refractivity contribution in [3.8, 4) is 6.07 Å². The smallest absolute Gasteiger partial charge is 0.258 e. The molecule has 152 valence electrons. The maximum Gasteiger partial charge on any atom is 0.258 e. The van der Waals surface area contributed by atoms with E-state index in [-0.39, 0.29) is 24.7 Å². The Morgan fingerprint density at radius 1 is 1.03 bits per heavy atom. The van der Waals surface area contributed by atoms with Gasteiger partial charge in [0.25, 0.3) is 5.91 Å². The largest absolute Gasteiger partial charge is 0.300 e. The maximum atomic E-state index is 13.5. The SMILES string of the molecule is CCC(=O)C1=C(c2ccccc2)c2cc(Cl)ccc2CN1C(=O)c1ccc(C#N)cc1. The van der Waals surface area contributed by atoms with Crippen molar-refractivity contribution in [2.45, 2.75) is 19.9 Å². The Labute approximate surface area is 186 Å². The molecule has 3 aromatic rings. The van der Waals surface area contributed by atoms with Crippen LogP contribution in [-0.2, 0) is 11.3 Å². The number of hydrogen-bond donors (Lipinski definition) is 0. The van der Waals surface area contributed by atoms with E-state index in [9.17, 15) is 9.59 Å². The minimum atomic E-state index is -0.282. The van der Waals surface area contributed by atoms with Crippen LogP contribution in [0.4, 0.5) is 0 Å². The molecule has 0 bridgehead atoms. The number of hydrogen-bond acceptors (Lipinski definition) is 3. The third kappa shape index (κ3) is 3.88. The fraction of sp³-hybridized carbons (Fsp3) is 0.115. The van der Waals surface area contributed by atoms with Crippen LogP contribution >= 0.6 is 11.6 Å². The van der Waals surface area contributed by atoms with Crippen LogP contribution in [0.2, 0.25) is 5.02 Å². The molecule has 0 fully saturated rings. The van der Waals surface area contributed by atoms with E-state index in [4.69, 9.17) is 16.9 Å². The summed E-state index contributed by atoms with van der Waals surface area (Å²) < 4.78 is 0. The van der Waals surface area contributed by atoms with Crippen molar-refractivity contribution in [2.75, 3.05) is 0 Å². The Balaban J connectivity index is 1.95. The van der Waals surface area contributed by atoms with Crippen LogP contribution in [0.1, 0.15) is 46.0 Å². The van der Waals surface area contributed by atoms with Gasteiger partial charge in [-0.05, 0) is 53.1 Å². The Morgan fingerprint density at radius 2 is 1.74 bits per heavy atom. The predicted octanol–water partition coefficient (Wildman–Crippen LogP) is 5.61. The number of rotatable bonds is 4. The molecule has 1 aliphatic heterocycles. The minimum absolute atomic E-state index is 0.119. The number of amides is 1. The summed E-state index contributed by atoms with van der Waals surface area (Å²) in [6, 6.07) is 23.6. The molecule has 31 heavy (non-hydrogen) atoms. The molecule has 0 unspecified atom stereocenters. The summed E-state index contributed by atoms with van der Waals surface area (Å²) in [6.07, 6.45) is 0.263. The van der Waals surface area contributed by atoms with Crippen LogP contribution in [0.15, 0.2) is 78.5 Å². The van der Waals surface area contributed by atoms with Crippen molar-refractivity contribution < 1.29 is 9.59 Å². The first-order valence-electron chi connectivity index (χ1n) is 9.97. The number of allylic oxidation sites excluding steroid dienone is 1. The Bertz CT molecular complexity index is 1240. The van der Waals surface area contributed by atoms with Gasteiger partial charge in [-0.15, -0.1) is 0 Å². The third-order valence-corrected chi connectivity index (χ3v) is 5.57. The van der Waals surface area contributed by atoms with Crippen molar-refractivity contribution in [3.63, 3.8) is 0 Å². The zero-order valence-electron chi connectivity index (χ0n) is 16.9. The van der Waals surface area contributed by atoms with Gasteiger partial charge in [-0.25, -0.2) is 0 Å². The number of nitrogens with zero attached hydrogens (tertiary/aromatic N) is 2. The monoisotopic (exact) mass is 426 g/mol. The highest BCUT2D eigenvalue weighted by Crippen LogP contribution is 2.39. The molecule has 0 aromatic heterocycles. The molecule has 0 N–H and O–H groups in total. The first-order chi connectivity index (χ1) is 15.0. The van der Waals surface area contributed by atoms with Gasteiger partial charge in [-0.1, -0.05) is 54.9 Å². The van der Waals surface area contributed by atoms with Gasteiger partial charge in [0.15, 0.2) is 5.78 Å². The summed E-state index contributed by atoms with van der Waals surface area (Å²) in [5.74, 6) is -0.401. The highest BCUT2D eigenvalue weighted by atomic mass is 35.5. The number of carbonyl (C=O) groups is 2. The Hall–Kier alpha value is -3.68. The molecule has 5 heteroatoms. The number of nitriles is 1. The van der Waals surface area contributed by atoms with E-state index in [2.05, 4.69) is 6.07 Å². The lowest BCUT2D eigenvalue weighted by Gasteiger charge is -2.33. The maximum absolute atomic E-state index is 13.5. The highest BCUT2D eigenvalue weighted by Gasteiger charge is 2.33. The molecule has 1 aliphatic rings. The van der Waals surface area contributed by atoms with Gasteiger partial charge >= 0.3 is 0 Å². The van der Waals surface area contributed by atoms with Crippen LogP contribution in [0.5, 0.6) is 0 Å². The Morgan fingerprint density at radius 3 is 2.39 bits per heavy atom. The fourth-order valence-electron chi connectivity index (χ4n) is 3.80. The number of Topliss-reactive ketones (excluding diaryl/α,β-unsaturated/α-hetero) is 1. The molecular weight excluding hydrogens is 408 g/mol. The normalized spacial score (nSPS) is 12.9. The highest BCUT2D eigenvalue weighted by molar-refractivity contribution is 6.31. The first-order valence-corrected chi connectivity index (χ1v) is 10.3. The van der Waals surface area contributed by atoms with E-state index < -0.39 is 0 Å². The van der Waals surface area contributed by atoms with Gasteiger partial charge in [0, 0.05) is 22.6 Å². The second kappa shape index (κ2) is 8.59. The van der Waals surface area contributed by atoms with Crippen LogP contribution in [0.3, 0.4) is 0 Å². The second-order valence-electron chi connectivity index (χ2n) is 7.25. The second-order valence-corrected chi connectivity index (χ2v) is 7.68. The van der Waals surface area contributed by atoms with E-state index in [0.717, 1.165) is 16.7 Å². The number of ketones is 1. The summed E-state index contributed by atoms with van der Waals surface area (Å²) in [4.78, 5) is 28.2. The molecule has 1 amide bonds. The van der Waals surface area contributed by atoms with Crippen LogP contribution in [0.25, 0.3) is 5.57 Å². The van der Waals surface area contributed by atoms with Crippen molar-refractivity contribution in [1.82, 2.24) is 4.90 Å². The van der Waals surface area contributed by atoms with Crippen molar-refractivity contribution in [2.24, 2.45) is 0 Å². The van der Waals surface area contributed by atoms with E-state index in [1.165, 1.54) is 0 Å². The van der Waals surface area contributed by atoms with Gasteiger partial charge in [0.2, 0.25) is 0 Å². The quantitative estimate of drug-likeness (QED) is 0.545. The zero-order chi connectivity index (χ0) is 22.0. The van der Waals surface area contributed by atoms with E-state index >= 15 is 0 Å². The topological polar surface area (TPSA) is 61.2 Å². The Kier molecular flexibility index (Phi) is 5.70. The molecular formula is C26H19ClN2O2. The third-order valence-electron chi connectivity index (χ3n) is 5.33. The average Bonchev–Trinajstić information content (AvgIpc) is 2.82. The molecule has 0 atom stereocenters. The van der Waals surface area contributed by atoms with E-state index in [0.29, 0.717) is 27.4 Å². The van der Waals surface area contributed by atoms with Gasteiger partial charge in [0.1, 0.15) is 0 Å². The molecule has 4 nitrogen and oxygen atoms in total. The standard InChI is InChI=1S/C26H19ClN2O2/c1-2-23(30)25-24(18-6-4-3-5-7-18)22-14-21(27)13-12-20(22)16-29(25)26(31)19-10-8-17(15-28)9-11-19/h3-14H,2,16H2,1H3. The molecule has 4 rings (SSSR count). The fourth-order valence-corrected chi connectivity index (χ4v) is 3.97. The lowest BCUT2D eigenvalue weighted by Crippen LogP contribution is -2.37. The molecule has 0 aliphatic carbocycles. The first kappa shape index (κ1) is 20.6. The average molecular weight is 427 g/mol. The zero-order valence-corrected chi connectivity index (χ0v) is 17.7. The van der Waals surface area contributed by atoms with Crippen molar-refractivity contribution >= 4 is 28.9 Å². The van der Waals surface area contributed by atoms with Gasteiger partial charge in [-0.2, -0.15) is 5.26 Å². The lowest BCUT2D eigenvalue weighted by atomic mass is 9.86. The summed E-state index contributed by atoms with van der Waals surface area (Å²) in [6.45, 7) is 2.05. The number of benzene rings is 3. The summed E-state index contributed by atoms with van der Waals surface area (Å²) >= 11 is 6.30. The molecule has 0 saturated heterocycles. The number of carbonyl (C=O) groups excluding carboxylic acids is 2. The molecule has 0 spiro atoms. The van der Waals surface area contributed by atoms with Crippen LogP contribution in [0, 0.1) is 11.3 Å². The number of fused-ring (bicyclic) bond motifs is 1. The number of halogens is 1. The van der Waals surface area contributed by atoms with Crippen molar-refractivity contribution in [1.29, 1.82) is 5.26 Å². The van der Waals surface area contributed by atoms with E-state index in [1.807, 2.05) is 42.5 Å². The van der Waals surface area contributed by atoms with Gasteiger partial charge in [0.05, 0.1) is 23.9 Å². The molecule has 1 heterocycles. The summed E-state index contributed by atoms with van der Waals surface area (Å²) in [5, 5.41) is 9.62. The molecule has 0 saturated carbocycles. The van der Waals surface area contributed by atoms with Gasteiger partial charge in [-0.3, -0.25) is 14.5 Å². The van der Waals surface area contributed by atoms with Gasteiger partial charge < -0.3 is 0 Å². The predicted molar refractivity (Wildman–Crippen MR) is 120 cm³/mol. The summed E-state index contributed by atoms with van der Waals surface area (Å²) in [7, 11) is 0. The molecule has 3 aromatic carbocycles. The van der Waals surface area contributed by atoms with Crippen LogP contribution < -0.4 is 0 Å². The van der Waals surface area contributed by atoms with Crippen LogP contribution in [-0.4, -0.2) is 16.6 Å². The molecule has 0 radical (unpaired) electrons.